The minimum Gasteiger partial charge on any atom is -0.310 e. The fourth-order valence-corrected chi connectivity index (χ4v) is 11.2. The minimum absolute atomic E-state index is 1.09. The largest absolute Gasteiger partial charge is 0.310 e. The van der Waals surface area contributed by atoms with Crippen molar-refractivity contribution >= 4 is 60.8 Å². The van der Waals surface area contributed by atoms with Gasteiger partial charge in [0.05, 0.1) is 11.0 Å². The third kappa shape index (κ3) is 5.98. The number of para-hydroxylation sites is 1. The third-order valence-electron chi connectivity index (χ3n) is 14.2. The molecule has 0 aliphatic heterocycles. The van der Waals surface area contributed by atoms with E-state index in [4.69, 9.17) is 0 Å². The maximum absolute atomic E-state index is 2.49. The van der Waals surface area contributed by atoms with Crippen LogP contribution in [-0.2, 0) is 0 Å². The molecule has 2 aliphatic rings. The van der Waals surface area contributed by atoms with Gasteiger partial charge in [-0.1, -0.05) is 188 Å². The van der Waals surface area contributed by atoms with Gasteiger partial charge < -0.3 is 9.47 Å². The number of hydrogen-bond donors (Lipinski definition) is 0. The normalized spacial score (nSPS) is 12.4. The van der Waals surface area contributed by atoms with E-state index in [9.17, 15) is 0 Å². The first-order valence-corrected chi connectivity index (χ1v) is 23.5. The van der Waals surface area contributed by atoms with Crippen LogP contribution in [0.3, 0.4) is 0 Å². The fourth-order valence-electron chi connectivity index (χ4n) is 11.2. The third-order valence-corrected chi connectivity index (χ3v) is 14.2. The summed E-state index contributed by atoms with van der Waals surface area (Å²) in [6, 6.07) is 94.0. The van der Waals surface area contributed by atoms with Crippen LogP contribution < -0.4 is 4.90 Å². The lowest BCUT2D eigenvalue weighted by Gasteiger charge is -2.28. The molecule has 1 heterocycles. The molecule has 0 saturated carbocycles. The Balaban J connectivity index is 1.04. The lowest BCUT2D eigenvalue weighted by molar-refractivity contribution is 1.18. The molecular formula is C66H42N2. The lowest BCUT2D eigenvalue weighted by Crippen LogP contribution is -2.11. The van der Waals surface area contributed by atoms with E-state index in [-0.39, 0.29) is 0 Å². The van der Waals surface area contributed by atoms with Crippen molar-refractivity contribution in [1.82, 2.24) is 4.57 Å². The van der Waals surface area contributed by atoms with E-state index in [1.165, 1.54) is 99.4 Å². The quantitative estimate of drug-likeness (QED) is 0.162. The Morgan fingerprint density at radius 2 is 0.735 bits per heavy atom. The number of benzene rings is 11. The number of aromatic nitrogens is 1. The van der Waals surface area contributed by atoms with Gasteiger partial charge in [-0.2, -0.15) is 0 Å². The lowest BCUT2D eigenvalue weighted by atomic mass is 9.91. The maximum Gasteiger partial charge on any atom is 0.0542 e. The second-order valence-electron chi connectivity index (χ2n) is 18.0. The molecule has 0 bridgehead atoms. The second-order valence-corrected chi connectivity index (χ2v) is 18.0. The predicted octanol–water partition coefficient (Wildman–Crippen LogP) is 17.7. The summed E-state index contributed by atoms with van der Waals surface area (Å²) in [6.07, 6.45) is 0. The number of nitrogens with zero attached hydrogens (tertiary/aromatic N) is 2. The molecule has 1 aromatic heterocycles. The topological polar surface area (TPSA) is 8.17 Å². The Morgan fingerprint density at radius 3 is 1.38 bits per heavy atom. The molecule has 0 atom stereocenters. The zero-order chi connectivity index (χ0) is 44.7. The molecule has 2 nitrogen and oxygen atoms in total. The highest BCUT2D eigenvalue weighted by molar-refractivity contribution is 6.19. The van der Waals surface area contributed by atoms with Gasteiger partial charge in [0.25, 0.3) is 0 Å². The molecule has 316 valence electrons. The second kappa shape index (κ2) is 15.3. The smallest absolute Gasteiger partial charge is 0.0542 e. The number of anilines is 3. The van der Waals surface area contributed by atoms with E-state index in [1.807, 2.05) is 0 Å². The molecule has 0 spiro atoms. The van der Waals surface area contributed by atoms with Crippen LogP contribution in [0.15, 0.2) is 255 Å². The summed E-state index contributed by atoms with van der Waals surface area (Å²) in [5.41, 5.74) is 24.2. The minimum atomic E-state index is 1.09. The van der Waals surface area contributed by atoms with Crippen LogP contribution in [0.4, 0.5) is 17.1 Å². The van der Waals surface area contributed by atoms with Gasteiger partial charge in [-0.15, -0.1) is 0 Å². The van der Waals surface area contributed by atoms with Crippen molar-refractivity contribution in [2.24, 2.45) is 0 Å². The summed E-state index contributed by atoms with van der Waals surface area (Å²) in [5, 5.41) is 4.88. The maximum atomic E-state index is 2.49. The van der Waals surface area contributed by atoms with Gasteiger partial charge in [0, 0.05) is 33.5 Å². The highest BCUT2D eigenvalue weighted by Crippen LogP contribution is 2.55. The van der Waals surface area contributed by atoms with E-state index in [2.05, 4.69) is 264 Å². The Labute approximate surface area is 395 Å². The Kier molecular flexibility index (Phi) is 8.62. The summed E-state index contributed by atoms with van der Waals surface area (Å²) in [7, 11) is 0. The number of fused-ring (bicyclic) bond motifs is 10. The van der Waals surface area contributed by atoms with Crippen LogP contribution >= 0.6 is 0 Å². The van der Waals surface area contributed by atoms with E-state index >= 15 is 0 Å². The summed E-state index contributed by atoms with van der Waals surface area (Å²) < 4.78 is 2.43. The van der Waals surface area contributed by atoms with Crippen LogP contribution in [0.25, 0.3) is 93.9 Å². The van der Waals surface area contributed by atoms with Gasteiger partial charge in [0.15, 0.2) is 0 Å². The van der Waals surface area contributed by atoms with Crippen molar-refractivity contribution in [1.29, 1.82) is 0 Å². The van der Waals surface area contributed by atoms with Crippen molar-refractivity contribution in [2.45, 2.75) is 0 Å². The molecule has 0 unspecified atom stereocenters. The van der Waals surface area contributed by atoms with Crippen molar-refractivity contribution in [3.05, 3.63) is 277 Å². The molecule has 0 amide bonds. The molecule has 0 N–H and O–H groups in total. The molecule has 2 aliphatic carbocycles. The van der Waals surface area contributed by atoms with Gasteiger partial charge in [0.1, 0.15) is 0 Å². The summed E-state index contributed by atoms with van der Waals surface area (Å²) in [4.78, 5) is 2.49. The average molecular weight is 863 g/mol. The first kappa shape index (κ1) is 38.3. The van der Waals surface area contributed by atoms with Gasteiger partial charge in [0.2, 0.25) is 0 Å². The molecule has 0 saturated heterocycles. The van der Waals surface area contributed by atoms with E-state index in [0.29, 0.717) is 0 Å². The monoisotopic (exact) mass is 862 g/mol. The highest BCUT2D eigenvalue weighted by Gasteiger charge is 2.33. The Hall–Kier alpha value is -8.98. The van der Waals surface area contributed by atoms with E-state index in [0.717, 1.165) is 33.9 Å². The molecular weight excluding hydrogens is 821 g/mol. The van der Waals surface area contributed by atoms with Crippen LogP contribution in [0.2, 0.25) is 0 Å². The van der Waals surface area contributed by atoms with Gasteiger partial charge in [-0.3, -0.25) is 0 Å². The molecule has 68 heavy (non-hydrogen) atoms. The molecule has 11 aromatic carbocycles. The van der Waals surface area contributed by atoms with Gasteiger partial charge in [-0.25, -0.2) is 0 Å². The molecule has 0 radical (unpaired) electrons. The SMILES string of the molecule is c1ccc(-c2cc(-c3ccccc3)cc(N(c3ccc4c(c3)C(=C3c5ccccc5-c5ccccc53)c3ccccc3-4)c3ccc4c(c3)c3ccccc3n4-c3ccc4ccccc4c3)c2)cc1. The van der Waals surface area contributed by atoms with E-state index < -0.39 is 0 Å². The first-order valence-electron chi connectivity index (χ1n) is 23.5. The van der Waals surface area contributed by atoms with Gasteiger partial charge >= 0.3 is 0 Å². The van der Waals surface area contributed by atoms with Crippen molar-refractivity contribution < 1.29 is 0 Å². The van der Waals surface area contributed by atoms with Gasteiger partial charge in [-0.05, 0) is 155 Å². The molecule has 12 aromatic rings. The zero-order valence-electron chi connectivity index (χ0n) is 37.1. The summed E-state index contributed by atoms with van der Waals surface area (Å²) in [6.45, 7) is 0. The van der Waals surface area contributed by atoms with Crippen LogP contribution in [0, 0.1) is 0 Å². The molecule has 2 heteroatoms. The summed E-state index contributed by atoms with van der Waals surface area (Å²) >= 11 is 0. The Bertz CT molecular complexity index is 3920. The first-order chi connectivity index (χ1) is 33.7. The van der Waals surface area contributed by atoms with Crippen molar-refractivity contribution in [3.63, 3.8) is 0 Å². The number of hydrogen-bond acceptors (Lipinski definition) is 1. The number of rotatable bonds is 6. The van der Waals surface area contributed by atoms with Crippen molar-refractivity contribution in [3.8, 4) is 50.2 Å². The standard InChI is InChI=1S/C66H42N2/c1-3-17-43(18-4-1)47-37-48(44-19-5-2-6-20-44)40-52(39-47)67(51-34-36-64-61(41-51)57-26-15-16-30-63(57)68(64)49-32-31-45-21-7-8-22-46(45)38-49)50-33-35-56-55-25-11-14-29-60(55)66(62(56)42-50)65-58-27-12-9-23-53(58)54-24-10-13-28-59(54)65/h1-42H. The highest BCUT2D eigenvalue weighted by atomic mass is 15.1. The average Bonchev–Trinajstić information content (AvgIpc) is 4.04. The fraction of sp³-hybridized carbons (Fsp3) is 0. The Morgan fingerprint density at radius 1 is 0.250 bits per heavy atom. The predicted molar refractivity (Wildman–Crippen MR) is 286 cm³/mol. The van der Waals surface area contributed by atoms with Crippen LogP contribution in [0.5, 0.6) is 0 Å². The van der Waals surface area contributed by atoms with E-state index in [1.54, 1.807) is 0 Å². The van der Waals surface area contributed by atoms with Crippen LogP contribution in [-0.4, -0.2) is 4.57 Å². The summed E-state index contributed by atoms with van der Waals surface area (Å²) in [5.74, 6) is 0. The molecule has 0 fully saturated rings. The van der Waals surface area contributed by atoms with Crippen LogP contribution in [0.1, 0.15) is 22.3 Å². The molecule has 14 rings (SSSR count). The zero-order valence-corrected chi connectivity index (χ0v) is 37.1. The van der Waals surface area contributed by atoms with Crippen molar-refractivity contribution in [2.75, 3.05) is 4.90 Å².